The van der Waals surface area contributed by atoms with E-state index in [1.807, 2.05) is 56.3 Å². The molecule has 0 bridgehead atoms. The van der Waals surface area contributed by atoms with E-state index in [-0.39, 0.29) is 18.6 Å². The van der Waals surface area contributed by atoms with Crippen molar-refractivity contribution in [2.24, 2.45) is 0 Å². The van der Waals surface area contributed by atoms with Gasteiger partial charge < -0.3 is 19.5 Å². The van der Waals surface area contributed by atoms with E-state index in [0.717, 1.165) is 11.1 Å². The Hall–Kier alpha value is -2.69. The number of benzene rings is 2. The van der Waals surface area contributed by atoms with Crippen molar-refractivity contribution in [2.75, 3.05) is 20.8 Å². The van der Waals surface area contributed by atoms with E-state index in [4.69, 9.17) is 14.2 Å². The Labute approximate surface area is 142 Å². The van der Waals surface area contributed by atoms with Gasteiger partial charge in [0, 0.05) is 0 Å². The fourth-order valence-electron chi connectivity index (χ4n) is 2.40. The van der Waals surface area contributed by atoms with Gasteiger partial charge in [-0.2, -0.15) is 0 Å². The van der Waals surface area contributed by atoms with Crippen LogP contribution in [0, 0.1) is 6.92 Å². The monoisotopic (exact) mass is 329 g/mol. The third-order valence-corrected chi connectivity index (χ3v) is 3.63. The Kier molecular flexibility index (Phi) is 6.07. The highest BCUT2D eigenvalue weighted by Gasteiger charge is 2.16. The van der Waals surface area contributed by atoms with Gasteiger partial charge in [-0.15, -0.1) is 0 Å². The Bertz CT molecular complexity index is 660. The van der Waals surface area contributed by atoms with E-state index in [1.165, 1.54) is 0 Å². The standard InChI is InChI=1S/C19H23NO4/c1-13-10-16(22-3)19(17(11-13)23-4)24-12-18(21)20-14(2)15-8-6-5-7-9-15/h5-11,14H,12H2,1-4H3,(H,20,21)/t14-/m1/s1. The number of carbonyl (C=O) groups is 1. The van der Waals surface area contributed by atoms with Crippen LogP contribution >= 0.6 is 0 Å². The van der Waals surface area contributed by atoms with E-state index < -0.39 is 0 Å². The van der Waals surface area contributed by atoms with Crippen LogP contribution < -0.4 is 19.5 Å². The van der Waals surface area contributed by atoms with Crippen molar-refractivity contribution in [1.82, 2.24) is 5.32 Å². The summed E-state index contributed by atoms with van der Waals surface area (Å²) in [5.74, 6) is 1.29. The van der Waals surface area contributed by atoms with Gasteiger partial charge in [0.2, 0.25) is 5.75 Å². The van der Waals surface area contributed by atoms with Crippen LogP contribution in [0.5, 0.6) is 17.2 Å². The van der Waals surface area contributed by atoms with Crippen molar-refractivity contribution < 1.29 is 19.0 Å². The van der Waals surface area contributed by atoms with E-state index >= 15 is 0 Å². The second-order valence-corrected chi connectivity index (χ2v) is 5.49. The summed E-state index contributed by atoms with van der Waals surface area (Å²) in [4.78, 5) is 12.1. The van der Waals surface area contributed by atoms with Crippen molar-refractivity contribution in [2.45, 2.75) is 19.9 Å². The van der Waals surface area contributed by atoms with Crippen LogP contribution in [0.3, 0.4) is 0 Å². The number of hydrogen-bond donors (Lipinski definition) is 1. The Morgan fingerprint density at radius 1 is 1.08 bits per heavy atom. The lowest BCUT2D eigenvalue weighted by Crippen LogP contribution is -2.31. The van der Waals surface area contributed by atoms with Crippen molar-refractivity contribution in [1.29, 1.82) is 0 Å². The molecule has 1 atom stereocenters. The van der Waals surface area contributed by atoms with E-state index in [0.29, 0.717) is 17.2 Å². The van der Waals surface area contributed by atoms with E-state index in [1.54, 1.807) is 14.2 Å². The second kappa shape index (κ2) is 8.24. The minimum atomic E-state index is -0.212. The lowest BCUT2D eigenvalue weighted by molar-refractivity contribution is -0.123. The van der Waals surface area contributed by atoms with Crippen molar-refractivity contribution in [3.05, 3.63) is 53.6 Å². The Morgan fingerprint density at radius 3 is 2.21 bits per heavy atom. The minimum Gasteiger partial charge on any atom is -0.493 e. The maximum Gasteiger partial charge on any atom is 0.258 e. The first-order valence-electron chi connectivity index (χ1n) is 7.75. The summed E-state index contributed by atoms with van der Waals surface area (Å²) in [5.41, 5.74) is 2.02. The quantitative estimate of drug-likeness (QED) is 0.847. The van der Waals surface area contributed by atoms with Crippen LogP contribution in [-0.2, 0) is 4.79 Å². The molecule has 0 spiro atoms. The van der Waals surface area contributed by atoms with E-state index in [9.17, 15) is 4.79 Å². The van der Waals surface area contributed by atoms with Gasteiger partial charge >= 0.3 is 0 Å². The predicted octanol–water partition coefficient (Wildman–Crippen LogP) is 3.27. The molecule has 2 rings (SSSR count). The normalized spacial score (nSPS) is 11.5. The second-order valence-electron chi connectivity index (χ2n) is 5.49. The molecule has 0 radical (unpaired) electrons. The lowest BCUT2D eigenvalue weighted by atomic mass is 10.1. The first-order valence-corrected chi connectivity index (χ1v) is 7.75. The minimum absolute atomic E-state index is 0.0934. The van der Waals surface area contributed by atoms with Crippen LogP contribution in [0.15, 0.2) is 42.5 Å². The number of ether oxygens (including phenoxy) is 3. The molecule has 2 aromatic carbocycles. The number of hydrogen-bond acceptors (Lipinski definition) is 4. The lowest BCUT2D eigenvalue weighted by Gasteiger charge is -2.17. The summed E-state index contributed by atoms with van der Waals surface area (Å²) in [6.07, 6.45) is 0. The number of rotatable bonds is 7. The van der Waals surface area contributed by atoms with Crippen LogP contribution in [0.4, 0.5) is 0 Å². The van der Waals surface area contributed by atoms with Gasteiger partial charge in [-0.25, -0.2) is 0 Å². The summed E-state index contributed by atoms with van der Waals surface area (Å²) >= 11 is 0. The number of aryl methyl sites for hydroxylation is 1. The smallest absolute Gasteiger partial charge is 0.258 e. The van der Waals surface area contributed by atoms with Gasteiger partial charge in [-0.3, -0.25) is 4.79 Å². The Morgan fingerprint density at radius 2 is 1.67 bits per heavy atom. The number of nitrogens with one attached hydrogen (secondary N) is 1. The van der Waals surface area contributed by atoms with Crippen LogP contribution in [0.2, 0.25) is 0 Å². The third-order valence-electron chi connectivity index (χ3n) is 3.63. The highest BCUT2D eigenvalue weighted by Crippen LogP contribution is 2.38. The maximum atomic E-state index is 12.1. The molecule has 0 fully saturated rings. The molecule has 0 saturated carbocycles. The molecule has 0 heterocycles. The molecule has 5 heteroatoms. The highest BCUT2D eigenvalue weighted by molar-refractivity contribution is 5.78. The van der Waals surface area contributed by atoms with Gasteiger partial charge in [0.25, 0.3) is 5.91 Å². The average molecular weight is 329 g/mol. The molecule has 2 aromatic rings. The van der Waals surface area contributed by atoms with Crippen molar-refractivity contribution in [3.8, 4) is 17.2 Å². The van der Waals surface area contributed by atoms with Crippen LogP contribution in [-0.4, -0.2) is 26.7 Å². The summed E-state index contributed by atoms with van der Waals surface area (Å²) in [6, 6.07) is 13.3. The molecular weight excluding hydrogens is 306 g/mol. The topological polar surface area (TPSA) is 56.8 Å². The maximum absolute atomic E-state index is 12.1. The zero-order valence-electron chi connectivity index (χ0n) is 14.5. The number of amides is 1. The van der Waals surface area contributed by atoms with Crippen LogP contribution in [0.25, 0.3) is 0 Å². The van der Waals surface area contributed by atoms with Crippen molar-refractivity contribution in [3.63, 3.8) is 0 Å². The number of methoxy groups -OCH3 is 2. The fraction of sp³-hybridized carbons (Fsp3) is 0.316. The van der Waals surface area contributed by atoms with Gasteiger partial charge in [0.1, 0.15) is 0 Å². The zero-order valence-corrected chi connectivity index (χ0v) is 14.5. The molecular formula is C19H23NO4. The molecule has 24 heavy (non-hydrogen) atoms. The first kappa shape index (κ1) is 17.7. The molecule has 128 valence electrons. The van der Waals surface area contributed by atoms with Gasteiger partial charge in [0.05, 0.1) is 20.3 Å². The first-order chi connectivity index (χ1) is 11.5. The van der Waals surface area contributed by atoms with Crippen LogP contribution in [0.1, 0.15) is 24.1 Å². The molecule has 0 aliphatic carbocycles. The fourth-order valence-corrected chi connectivity index (χ4v) is 2.40. The SMILES string of the molecule is COc1cc(C)cc(OC)c1OCC(=O)N[C@H](C)c1ccccc1. The third kappa shape index (κ3) is 4.41. The molecule has 1 amide bonds. The molecule has 5 nitrogen and oxygen atoms in total. The molecule has 0 unspecified atom stereocenters. The van der Waals surface area contributed by atoms with E-state index in [2.05, 4.69) is 5.32 Å². The Balaban J connectivity index is 2.01. The summed E-state index contributed by atoms with van der Waals surface area (Å²) in [7, 11) is 3.11. The largest absolute Gasteiger partial charge is 0.493 e. The predicted molar refractivity (Wildman–Crippen MR) is 92.8 cm³/mol. The molecule has 0 aromatic heterocycles. The zero-order chi connectivity index (χ0) is 17.5. The average Bonchev–Trinajstić information content (AvgIpc) is 2.60. The van der Waals surface area contributed by atoms with Gasteiger partial charge in [-0.05, 0) is 37.1 Å². The molecule has 0 aliphatic rings. The molecule has 1 N–H and O–H groups in total. The highest BCUT2D eigenvalue weighted by atomic mass is 16.5. The molecule has 0 aliphatic heterocycles. The summed E-state index contributed by atoms with van der Waals surface area (Å²) in [6.45, 7) is 3.75. The van der Waals surface area contributed by atoms with Crippen molar-refractivity contribution >= 4 is 5.91 Å². The summed E-state index contributed by atoms with van der Waals surface area (Å²) in [5, 5.41) is 2.91. The van der Waals surface area contributed by atoms with Gasteiger partial charge in [0.15, 0.2) is 18.1 Å². The molecule has 0 saturated heterocycles. The van der Waals surface area contributed by atoms with Gasteiger partial charge in [-0.1, -0.05) is 30.3 Å². The summed E-state index contributed by atoms with van der Waals surface area (Å²) < 4.78 is 16.3. The number of carbonyl (C=O) groups excluding carboxylic acids is 1.